The summed E-state index contributed by atoms with van der Waals surface area (Å²) in [5.41, 5.74) is 1.05. The number of hydrogen-bond acceptors (Lipinski definition) is 4. The Bertz CT molecular complexity index is 693. The number of amides is 1. The van der Waals surface area contributed by atoms with Crippen LogP contribution in [0.2, 0.25) is 0 Å². The standard InChI is InChI=1S/C17H20N2O3.ClH/c1-22-15-5-4-12-6-11(2-3-13(12)7-15)9-19-17(21)16-8-14(20)10-18-16;/h2-7,14,16,18,20H,8-10H2,1H3,(H,19,21);1H. The molecule has 0 aliphatic carbocycles. The van der Waals surface area contributed by atoms with Crippen molar-refractivity contribution in [2.24, 2.45) is 0 Å². The van der Waals surface area contributed by atoms with Crippen LogP contribution in [0.25, 0.3) is 10.8 Å². The number of aliphatic hydroxyl groups excluding tert-OH is 1. The van der Waals surface area contributed by atoms with Crippen LogP contribution >= 0.6 is 12.4 Å². The third-order valence-electron chi connectivity index (χ3n) is 4.00. The number of aliphatic hydroxyl groups is 1. The highest BCUT2D eigenvalue weighted by Crippen LogP contribution is 2.21. The molecular formula is C17H21ClN2O3. The number of carbonyl (C=O) groups is 1. The zero-order valence-electron chi connectivity index (χ0n) is 12.9. The van der Waals surface area contributed by atoms with Gasteiger partial charge in [-0.2, -0.15) is 0 Å². The molecule has 2 aromatic rings. The van der Waals surface area contributed by atoms with E-state index in [-0.39, 0.29) is 24.4 Å². The van der Waals surface area contributed by atoms with Crippen LogP contribution in [-0.2, 0) is 11.3 Å². The van der Waals surface area contributed by atoms with Gasteiger partial charge in [0.25, 0.3) is 0 Å². The molecule has 23 heavy (non-hydrogen) atoms. The first-order valence-electron chi connectivity index (χ1n) is 7.41. The minimum atomic E-state index is -0.425. The third kappa shape index (κ3) is 4.13. The fourth-order valence-corrected chi connectivity index (χ4v) is 2.74. The van der Waals surface area contributed by atoms with Crippen LogP contribution in [0.4, 0.5) is 0 Å². The van der Waals surface area contributed by atoms with Gasteiger partial charge in [0.2, 0.25) is 5.91 Å². The van der Waals surface area contributed by atoms with E-state index >= 15 is 0 Å². The minimum absolute atomic E-state index is 0. The molecule has 124 valence electrons. The molecule has 0 saturated carbocycles. The van der Waals surface area contributed by atoms with Crippen LogP contribution < -0.4 is 15.4 Å². The van der Waals surface area contributed by atoms with Crippen LogP contribution in [0.1, 0.15) is 12.0 Å². The lowest BCUT2D eigenvalue weighted by Crippen LogP contribution is -2.39. The number of benzene rings is 2. The van der Waals surface area contributed by atoms with E-state index < -0.39 is 6.10 Å². The van der Waals surface area contributed by atoms with Gasteiger partial charge in [0.05, 0.1) is 19.3 Å². The summed E-state index contributed by atoms with van der Waals surface area (Å²) in [6.07, 6.45) is 0.0509. The molecule has 3 N–H and O–H groups in total. The van der Waals surface area contributed by atoms with Gasteiger partial charge in [0.15, 0.2) is 0 Å². The Morgan fingerprint density at radius 1 is 1.30 bits per heavy atom. The van der Waals surface area contributed by atoms with E-state index in [0.717, 1.165) is 22.1 Å². The Morgan fingerprint density at radius 2 is 2.04 bits per heavy atom. The molecule has 0 spiro atoms. The lowest BCUT2D eigenvalue weighted by atomic mass is 10.1. The number of β-amino-alcohol motifs (C(OH)–C–C–N with tert-alkyl or cyclic N) is 1. The van der Waals surface area contributed by atoms with Crippen molar-refractivity contribution < 1.29 is 14.6 Å². The largest absolute Gasteiger partial charge is 0.497 e. The van der Waals surface area contributed by atoms with E-state index in [1.54, 1.807) is 7.11 Å². The van der Waals surface area contributed by atoms with Crippen molar-refractivity contribution in [3.05, 3.63) is 42.0 Å². The van der Waals surface area contributed by atoms with Crippen LogP contribution in [-0.4, -0.2) is 36.8 Å². The van der Waals surface area contributed by atoms with Crippen molar-refractivity contribution in [1.82, 2.24) is 10.6 Å². The van der Waals surface area contributed by atoms with E-state index in [4.69, 9.17) is 4.74 Å². The molecule has 1 aliphatic rings. The smallest absolute Gasteiger partial charge is 0.237 e. The summed E-state index contributed by atoms with van der Waals surface area (Å²) in [7, 11) is 1.65. The molecule has 2 aromatic carbocycles. The number of fused-ring (bicyclic) bond motifs is 1. The Balaban J connectivity index is 0.00000192. The summed E-state index contributed by atoms with van der Waals surface area (Å²) < 4.78 is 5.21. The number of ether oxygens (including phenoxy) is 1. The molecule has 6 heteroatoms. The van der Waals surface area contributed by atoms with Crippen molar-refractivity contribution in [2.45, 2.75) is 25.1 Å². The van der Waals surface area contributed by atoms with E-state index in [9.17, 15) is 9.90 Å². The summed E-state index contributed by atoms with van der Waals surface area (Å²) in [4.78, 5) is 12.0. The number of halogens is 1. The number of carbonyl (C=O) groups excluding carboxylic acids is 1. The highest BCUT2D eigenvalue weighted by molar-refractivity contribution is 5.86. The zero-order valence-corrected chi connectivity index (χ0v) is 13.7. The van der Waals surface area contributed by atoms with Crippen molar-refractivity contribution >= 4 is 29.1 Å². The number of rotatable bonds is 4. The second-order valence-corrected chi connectivity index (χ2v) is 5.62. The molecule has 1 saturated heterocycles. The van der Waals surface area contributed by atoms with Crippen LogP contribution in [0, 0.1) is 0 Å². The first-order valence-corrected chi connectivity index (χ1v) is 7.41. The Hall–Kier alpha value is -1.82. The highest BCUT2D eigenvalue weighted by atomic mass is 35.5. The maximum absolute atomic E-state index is 12.0. The van der Waals surface area contributed by atoms with Crippen molar-refractivity contribution in [2.75, 3.05) is 13.7 Å². The predicted molar refractivity (Wildman–Crippen MR) is 92.0 cm³/mol. The maximum atomic E-state index is 12.0. The first kappa shape index (κ1) is 17.5. The summed E-state index contributed by atoms with van der Waals surface area (Å²) in [5.74, 6) is 0.769. The van der Waals surface area contributed by atoms with Gasteiger partial charge < -0.3 is 20.5 Å². The molecule has 0 bridgehead atoms. The van der Waals surface area contributed by atoms with Crippen LogP contribution in [0.3, 0.4) is 0 Å². The van der Waals surface area contributed by atoms with Crippen molar-refractivity contribution in [1.29, 1.82) is 0 Å². The monoisotopic (exact) mass is 336 g/mol. The van der Waals surface area contributed by atoms with Gasteiger partial charge in [-0.05, 0) is 41.0 Å². The van der Waals surface area contributed by atoms with Crippen molar-refractivity contribution in [3.8, 4) is 5.75 Å². The number of nitrogens with one attached hydrogen (secondary N) is 2. The van der Waals surface area contributed by atoms with Crippen LogP contribution in [0.15, 0.2) is 36.4 Å². The van der Waals surface area contributed by atoms with Gasteiger partial charge in [-0.15, -0.1) is 12.4 Å². The lowest BCUT2D eigenvalue weighted by Gasteiger charge is -2.11. The molecule has 1 heterocycles. The molecule has 2 atom stereocenters. The third-order valence-corrected chi connectivity index (χ3v) is 4.00. The van der Waals surface area contributed by atoms with Gasteiger partial charge in [-0.25, -0.2) is 0 Å². The summed E-state index contributed by atoms with van der Waals surface area (Å²) >= 11 is 0. The van der Waals surface area contributed by atoms with Gasteiger partial charge in [-0.3, -0.25) is 4.79 Å². The van der Waals surface area contributed by atoms with E-state index in [0.29, 0.717) is 19.5 Å². The van der Waals surface area contributed by atoms with Gasteiger partial charge in [-0.1, -0.05) is 18.2 Å². The first-order chi connectivity index (χ1) is 10.7. The molecule has 1 aliphatic heterocycles. The number of methoxy groups -OCH3 is 1. The molecule has 0 radical (unpaired) electrons. The Labute approximate surface area is 141 Å². The van der Waals surface area contributed by atoms with E-state index in [1.807, 2.05) is 30.3 Å². The average molecular weight is 337 g/mol. The number of hydrogen-bond donors (Lipinski definition) is 3. The Kier molecular flexibility index (Phi) is 5.82. The molecule has 1 fully saturated rings. The highest BCUT2D eigenvalue weighted by Gasteiger charge is 2.27. The lowest BCUT2D eigenvalue weighted by molar-refractivity contribution is -0.123. The predicted octanol–water partition coefficient (Wildman–Crippen LogP) is 1.61. The molecule has 2 unspecified atom stereocenters. The normalized spacial score (nSPS) is 20.1. The summed E-state index contributed by atoms with van der Waals surface area (Å²) in [5, 5.41) is 17.6. The fraction of sp³-hybridized carbons (Fsp3) is 0.353. The van der Waals surface area contributed by atoms with Crippen LogP contribution in [0.5, 0.6) is 5.75 Å². The quantitative estimate of drug-likeness (QED) is 0.793. The Morgan fingerprint density at radius 3 is 2.74 bits per heavy atom. The summed E-state index contributed by atoms with van der Waals surface area (Å²) in [6.45, 7) is 0.963. The second-order valence-electron chi connectivity index (χ2n) is 5.62. The van der Waals surface area contributed by atoms with Gasteiger partial charge in [0.1, 0.15) is 5.75 Å². The maximum Gasteiger partial charge on any atom is 0.237 e. The van der Waals surface area contributed by atoms with Gasteiger partial charge in [0, 0.05) is 13.1 Å². The van der Waals surface area contributed by atoms with Crippen molar-refractivity contribution in [3.63, 3.8) is 0 Å². The van der Waals surface area contributed by atoms with E-state index in [1.165, 1.54) is 0 Å². The summed E-state index contributed by atoms with van der Waals surface area (Å²) in [6, 6.07) is 11.7. The molecule has 3 rings (SSSR count). The van der Waals surface area contributed by atoms with E-state index in [2.05, 4.69) is 16.7 Å². The average Bonchev–Trinajstić information content (AvgIpc) is 2.98. The molecule has 0 aromatic heterocycles. The molecule has 1 amide bonds. The van der Waals surface area contributed by atoms with Gasteiger partial charge >= 0.3 is 0 Å². The second kappa shape index (κ2) is 7.64. The zero-order chi connectivity index (χ0) is 15.5. The molecule has 5 nitrogen and oxygen atoms in total. The minimum Gasteiger partial charge on any atom is -0.497 e. The topological polar surface area (TPSA) is 70.6 Å². The fourth-order valence-electron chi connectivity index (χ4n) is 2.74. The SMILES string of the molecule is COc1ccc2cc(CNC(=O)C3CC(O)CN3)ccc2c1.Cl. The molecular weight excluding hydrogens is 316 g/mol.